The van der Waals surface area contributed by atoms with E-state index in [1.807, 2.05) is 0 Å². The first-order valence-corrected chi connectivity index (χ1v) is 7.04. The second-order valence-electron chi connectivity index (χ2n) is 5.46. The molecule has 0 spiro atoms. The summed E-state index contributed by atoms with van der Waals surface area (Å²) in [6.45, 7) is 8.80. The third-order valence-corrected chi connectivity index (χ3v) is 4.35. The Kier molecular flexibility index (Phi) is 3.77. The van der Waals surface area contributed by atoms with E-state index in [1.54, 1.807) is 6.07 Å². The summed E-state index contributed by atoms with van der Waals surface area (Å²) in [6, 6.07) is 4.29. The van der Waals surface area contributed by atoms with Gasteiger partial charge in [0.1, 0.15) is 5.82 Å². The van der Waals surface area contributed by atoms with Gasteiger partial charge in [0, 0.05) is 51.4 Å². The molecule has 1 atom stereocenters. The van der Waals surface area contributed by atoms with Gasteiger partial charge >= 0.3 is 0 Å². The summed E-state index contributed by atoms with van der Waals surface area (Å²) in [5.74, 6) is -0.266. The van der Waals surface area contributed by atoms with Gasteiger partial charge in [0.2, 0.25) is 0 Å². The first-order chi connectivity index (χ1) is 9.24. The molecule has 1 aromatic rings. The standard InChI is InChI=1S/C14H21FN4/c1-11(14-3-2-12(15)8-17-14)18-4-6-19(7-5-18)13-9-16-10-13/h2-3,8,11,13,16H,4-7,9-10H2,1H3. The molecule has 3 rings (SSSR count). The van der Waals surface area contributed by atoms with Crippen molar-refractivity contribution in [3.05, 3.63) is 29.8 Å². The van der Waals surface area contributed by atoms with Gasteiger partial charge in [0.25, 0.3) is 0 Å². The van der Waals surface area contributed by atoms with Crippen LogP contribution in [0.2, 0.25) is 0 Å². The zero-order valence-electron chi connectivity index (χ0n) is 11.3. The molecule has 1 N–H and O–H groups in total. The molecule has 0 aromatic carbocycles. The van der Waals surface area contributed by atoms with Gasteiger partial charge in [0.15, 0.2) is 0 Å². The fourth-order valence-electron chi connectivity index (χ4n) is 2.84. The summed E-state index contributed by atoms with van der Waals surface area (Å²) in [4.78, 5) is 9.20. The first-order valence-electron chi connectivity index (χ1n) is 7.04. The van der Waals surface area contributed by atoms with E-state index in [0.717, 1.165) is 51.0 Å². The Bertz CT molecular complexity index is 410. The molecule has 0 bridgehead atoms. The van der Waals surface area contributed by atoms with E-state index in [2.05, 4.69) is 27.0 Å². The number of pyridine rings is 1. The Balaban J connectivity index is 1.56. The van der Waals surface area contributed by atoms with Gasteiger partial charge in [0.05, 0.1) is 11.9 Å². The van der Waals surface area contributed by atoms with Crippen LogP contribution in [0.25, 0.3) is 0 Å². The highest BCUT2D eigenvalue weighted by atomic mass is 19.1. The minimum Gasteiger partial charge on any atom is -0.314 e. The molecular weight excluding hydrogens is 243 g/mol. The zero-order chi connectivity index (χ0) is 13.2. The minimum atomic E-state index is -0.266. The largest absolute Gasteiger partial charge is 0.314 e. The van der Waals surface area contributed by atoms with Crippen LogP contribution in [0.3, 0.4) is 0 Å². The van der Waals surface area contributed by atoms with Crippen molar-refractivity contribution in [3.8, 4) is 0 Å². The number of hydrogen-bond donors (Lipinski definition) is 1. The predicted octanol–water partition coefficient (Wildman–Crippen LogP) is 0.871. The summed E-state index contributed by atoms with van der Waals surface area (Å²) in [6.07, 6.45) is 1.31. The van der Waals surface area contributed by atoms with Crippen molar-refractivity contribution in [2.24, 2.45) is 0 Å². The maximum Gasteiger partial charge on any atom is 0.141 e. The molecule has 2 fully saturated rings. The Morgan fingerprint density at radius 2 is 2.00 bits per heavy atom. The van der Waals surface area contributed by atoms with E-state index in [-0.39, 0.29) is 11.9 Å². The van der Waals surface area contributed by atoms with E-state index < -0.39 is 0 Å². The number of nitrogens with one attached hydrogen (secondary N) is 1. The number of aromatic nitrogens is 1. The van der Waals surface area contributed by atoms with Crippen LogP contribution in [0, 0.1) is 5.82 Å². The van der Waals surface area contributed by atoms with Crippen LogP contribution in [-0.4, -0.2) is 60.1 Å². The third kappa shape index (κ3) is 2.78. The van der Waals surface area contributed by atoms with Crippen molar-refractivity contribution in [1.29, 1.82) is 0 Å². The maximum absolute atomic E-state index is 12.9. The maximum atomic E-state index is 12.9. The summed E-state index contributed by atoms with van der Waals surface area (Å²) in [5.41, 5.74) is 0.958. The fourth-order valence-corrected chi connectivity index (χ4v) is 2.84. The molecule has 104 valence electrons. The lowest BCUT2D eigenvalue weighted by Gasteiger charge is -2.44. The van der Waals surface area contributed by atoms with Gasteiger partial charge in [-0.05, 0) is 19.1 Å². The van der Waals surface area contributed by atoms with E-state index in [9.17, 15) is 4.39 Å². The van der Waals surface area contributed by atoms with Gasteiger partial charge in [-0.2, -0.15) is 0 Å². The summed E-state index contributed by atoms with van der Waals surface area (Å²) >= 11 is 0. The summed E-state index contributed by atoms with van der Waals surface area (Å²) < 4.78 is 12.9. The predicted molar refractivity (Wildman–Crippen MR) is 72.4 cm³/mol. The second kappa shape index (κ2) is 5.53. The molecule has 4 nitrogen and oxygen atoms in total. The van der Waals surface area contributed by atoms with Gasteiger partial charge in [-0.1, -0.05) is 0 Å². The molecule has 5 heteroatoms. The molecule has 2 saturated heterocycles. The SMILES string of the molecule is CC(c1ccc(F)cn1)N1CCN(C2CNC2)CC1. The van der Waals surface area contributed by atoms with E-state index >= 15 is 0 Å². The number of halogens is 1. The van der Waals surface area contributed by atoms with Crippen molar-refractivity contribution >= 4 is 0 Å². The lowest BCUT2D eigenvalue weighted by Crippen LogP contribution is -2.61. The Labute approximate surface area is 113 Å². The molecule has 3 heterocycles. The van der Waals surface area contributed by atoms with Crippen LogP contribution >= 0.6 is 0 Å². The smallest absolute Gasteiger partial charge is 0.141 e. The normalized spacial score (nSPS) is 24.1. The lowest BCUT2D eigenvalue weighted by molar-refractivity contribution is 0.0543. The van der Waals surface area contributed by atoms with E-state index in [1.165, 1.54) is 12.3 Å². The van der Waals surface area contributed by atoms with Crippen LogP contribution in [0.1, 0.15) is 18.7 Å². The Morgan fingerprint density at radius 1 is 1.26 bits per heavy atom. The first kappa shape index (κ1) is 13.0. The van der Waals surface area contributed by atoms with Gasteiger partial charge in [-0.3, -0.25) is 14.8 Å². The average Bonchev–Trinajstić information content (AvgIpc) is 2.38. The average molecular weight is 264 g/mol. The summed E-state index contributed by atoms with van der Waals surface area (Å²) in [5, 5.41) is 3.32. The molecule has 2 aliphatic rings. The number of rotatable bonds is 3. The molecule has 1 aromatic heterocycles. The second-order valence-corrected chi connectivity index (χ2v) is 5.46. The van der Waals surface area contributed by atoms with Crippen LogP contribution in [0.4, 0.5) is 4.39 Å². The lowest BCUT2D eigenvalue weighted by atomic mass is 10.1. The topological polar surface area (TPSA) is 31.4 Å². The molecule has 0 radical (unpaired) electrons. The van der Waals surface area contributed by atoms with Crippen molar-refractivity contribution in [2.45, 2.75) is 19.0 Å². The van der Waals surface area contributed by atoms with E-state index in [0.29, 0.717) is 0 Å². The molecular formula is C14H21FN4. The highest BCUT2D eigenvalue weighted by molar-refractivity contribution is 5.09. The highest BCUT2D eigenvalue weighted by Gasteiger charge is 2.29. The monoisotopic (exact) mass is 264 g/mol. The van der Waals surface area contributed by atoms with Crippen LogP contribution in [0.5, 0.6) is 0 Å². The number of nitrogens with zero attached hydrogens (tertiary/aromatic N) is 3. The van der Waals surface area contributed by atoms with Crippen molar-refractivity contribution in [1.82, 2.24) is 20.1 Å². The third-order valence-electron chi connectivity index (χ3n) is 4.35. The molecule has 0 saturated carbocycles. The number of piperazine rings is 1. The Morgan fingerprint density at radius 3 is 2.53 bits per heavy atom. The van der Waals surface area contributed by atoms with Gasteiger partial charge in [-0.25, -0.2) is 4.39 Å². The summed E-state index contributed by atoms with van der Waals surface area (Å²) in [7, 11) is 0. The minimum absolute atomic E-state index is 0.266. The van der Waals surface area contributed by atoms with Crippen molar-refractivity contribution in [3.63, 3.8) is 0 Å². The van der Waals surface area contributed by atoms with Crippen LogP contribution in [-0.2, 0) is 0 Å². The molecule has 2 aliphatic heterocycles. The zero-order valence-corrected chi connectivity index (χ0v) is 11.3. The quantitative estimate of drug-likeness (QED) is 0.878. The van der Waals surface area contributed by atoms with Crippen molar-refractivity contribution in [2.75, 3.05) is 39.3 Å². The van der Waals surface area contributed by atoms with Gasteiger partial charge in [-0.15, -0.1) is 0 Å². The Hall–Kier alpha value is -1.04. The van der Waals surface area contributed by atoms with Gasteiger partial charge < -0.3 is 5.32 Å². The number of hydrogen-bond acceptors (Lipinski definition) is 4. The molecule has 0 aliphatic carbocycles. The van der Waals surface area contributed by atoms with Crippen LogP contribution < -0.4 is 5.32 Å². The molecule has 19 heavy (non-hydrogen) atoms. The highest BCUT2D eigenvalue weighted by Crippen LogP contribution is 2.21. The fraction of sp³-hybridized carbons (Fsp3) is 0.643. The molecule has 0 amide bonds. The van der Waals surface area contributed by atoms with Crippen molar-refractivity contribution < 1.29 is 4.39 Å². The van der Waals surface area contributed by atoms with E-state index in [4.69, 9.17) is 0 Å². The molecule has 1 unspecified atom stereocenters. The van der Waals surface area contributed by atoms with Crippen LogP contribution in [0.15, 0.2) is 18.3 Å².